The average molecular weight is 311 g/mol. The van der Waals surface area contributed by atoms with Gasteiger partial charge < -0.3 is 4.90 Å². The molecule has 1 saturated carbocycles. The van der Waals surface area contributed by atoms with Gasteiger partial charge in [-0.25, -0.2) is 14.6 Å². The summed E-state index contributed by atoms with van der Waals surface area (Å²) < 4.78 is 1.63. The van der Waals surface area contributed by atoms with Crippen LogP contribution in [0.4, 0.5) is 5.95 Å². The van der Waals surface area contributed by atoms with Gasteiger partial charge in [-0.15, -0.1) is 0 Å². The van der Waals surface area contributed by atoms with E-state index < -0.39 is 0 Å². The summed E-state index contributed by atoms with van der Waals surface area (Å²) in [4.78, 5) is 23.2. The zero-order valence-corrected chi connectivity index (χ0v) is 13.4. The molecule has 0 amide bonds. The van der Waals surface area contributed by atoms with Crippen molar-refractivity contribution in [2.45, 2.75) is 51.1 Å². The van der Waals surface area contributed by atoms with E-state index in [1.807, 2.05) is 25.4 Å². The Labute approximate surface area is 135 Å². The second kappa shape index (κ2) is 5.76. The summed E-state index contributed by atoms with van der Waals surface area (Å²) in [6.45, 7) is 3.53. The molecular weight excluding hydrogens is 290 g/mol. The number of rotatable bonds is 4. The van der Waals surface area contributed by atoms with Gasteiger partial charge in [0.25, 0.3) is 5.56 Å². The van der Waals surface area contributed by atoms with Gasteiger partial charge in [-0.3, -0.25) is 4.79 Å². The van der Waals surface area contributed by atoms with Crippen LogP contribution in [0.3, 0.4) is 0 Å². The van der Waals surface area contributed by atoms with E-state index in [-0.39, 0.29) is 11.6 Å². The van der Waals surface area contributed by atoms with Crippen molar-refractivity contribution < 1.29 is 0 Å². The molecule has 6 nitrogen and oxygen atoms in total. The van der Waals surface area contributed by atoms with Crippen LogP contribution in [0.25, 0.3) is 0 Å². The highest BCUT2D eigenvalue weighted by Crippen LogP contribution is 2.38. The molecule has 1 aliphatic carbocycles. The van der Waals surface area contributed by atoms with E-state index in [4.69, 9.17) is 0 Å². The number of anilines is 1. The Morgan fingerprint density at radius 3 is 2.70 bits per heavy atom. The Kier molecular flexibility index (Phi) is 3.59. The van der Waals surface area contributed by atoms with Crippen LogP contribution in [0.5, 0.6) is 0 Å². The van der Waals surface area contributed by atoms with Crippen LogP contribution in [-0.2, 0) is 6.54 Å². The van der Waals surface area contributed by atoms with E-state index >= 15 is 0 Å². The smallest absolute Gasteiger partial charge is 0.266 e. The van der Waals surface area contributed by atoms with Gasteiger partial charge in [0.1, 0.15) is 0 Å². The van der Waals surface area contributed by atoms with Crippen molar-refractivity contribution in [1.82, 2.24) is 19.7 Å². The molecule has 2 fully saturated rings. The molecule has 0 spiro atoms. The molecule has 4 rings (SSSR count). The predicted molar refractivity (Wildman–Crippen MR) is 87.6 cm³/mol. The Morgan fingerprint density at radius 2 is 1.96 bits per heavy atom. The Bertz CT molecular complexity index is 750. The maximum absolute atomic E-state index is 12.1. The highest BCUT2D eigenvalue weighted by atomic mass is 16.1. The fourth-order valence-electron chi connectivity index (χ4n) is 3.21. The summed E-state index contributed by atoms with van der Waals surface area (Å²) in [5, 5.41) is 4.58. The Hall–Kier alpha value is -2.24. The van der Waals surface area contributed by atoms with Crippen LogP contribution in [0.15, 0.2) is 29.3 Å². The van der Waals surface area contributed by atoms with Crippen molar-refractivity contribution in [3.05, 3.63) is 46.1 Å². The summed E-state index contributed by atoms with van der Waals surface area (Å²) in [5.74, 6) is 1.31. The van der Waals surface area contributed by atoms with Crippen molar-refractivity contribution in [2.75, 3.05) is 11.4 Å². The standard InChI is InChI=1S/C17H21N5O/c1-12-9-18-17(19-10-12)21-8-2-3-14(21)11-22-16(23)7-6-15(20-22)13-4-5-13/h6-7,9-10,13-14H,2-5,8,11H2,1H3. The van der Waals surface area contributed by atoms with Crippen LogP contribution < -0.4 is 10.5 Å². The fourth-order valence-corrected chi connectivity index (χ4v) is 3.21. The van der Waals surface area contributed by atoms with Crippen molar-refractivity contribution in [3.8, 4) is 0 Å². The lowest BCUT2D eigenvalue weighted by molar-refractivity contribution is 0.479. The molecule has 3 heterocycles. The van der Waals surface area contributed by atoms with Gasteiger partial charge in [-0.2, -0.15) is 5.10 Å². The van der Waals surface area contributed by atoms with Gasteiger partial charge in [0.05, 0.1) is 18.3 Å². The molecule has 0 bridgehead atoms. The molecule has 23 heavy (non-hydrogen) atoms. The third-order valence-electron chi connectivity index (χ3n) is 4.67. The van der Waals surface area contributed by atoms with E-state index in [2.05, 4.69) is 20.0 Å². The molecule has 6 heteroatoms. The second-order valence-electron chi connectivity index (χ2n) is 6.60. The largest absolute Gasteiger partial charge is 0.336 e. The first-order valence-electron chi connectivity index (χ1n) is 8.34. The molecule has 2 aliphatic rings. The number of hydrogen-bond acceptors (Lipinski definition) is 5. The predicted octanol–water partition coefficient (Wildman–Crippen LogP) is 1.89. The van der Waals surface area contributed by atoms with Gasteiger partial charge in [-0.05, 0) is 44.2 Å². The Balaban J connectivity index is 1.56. The van der Waals surface area contributed by atoms with E-state index in [0.29, 0.717) is 12.5 Å². The van der Waals surface area contributed by atoms with Crippen molar-refractivity contribution in [1.29, 1.82) is 0 Å². The first kappa shape index (κ1) is 14.4. The van der Waals surface area contributed by atoms with E-state index in [1.165, 1.54) is 12.8 Å². The van der Waals surface area contributed by atoms with Crippen LogP contribution in [-0.4, -0.2) is 32.3 Å². The van der Waals surface area contributed by atoms with Crippen LogP contribution in [0.1, 0.15) is 42.9 Å². The fraction of sp³-hybridized carbons (Fsp3) is 0.529. The summed E-state index contributed by atoms with van der Waals surface area (Å²) in [7, 11) is 0. The van der Waals surface area contributed by atoms with Gasteiger partial charge in [-0.1, -0.05) is 0 Å². The lowest BCUT2D eigenvalue weighted by atomic mass is 10.2. The topological polar surface area (TPSA) is 63.9 Å². The lowest BCUT2D eigenvalue weighted by Crippen LogP contribution is -2.38. The molecule has 1 aliphatic heterocycles. The second-order valence-corrected chi connectivity index (χ2v) is 6.60. The zero-order chi connectivity index (χ0) is 15.8. The van der Waals surface area contributed by atoms with Gasteiger partial charge in [0, 0.05) is 30.9 Å². The first-order chi connectivity index (χ1) is 11.2. The monoisotopic (exact) mass is 311 g/mol. The summed E-state index contributed by atoms with van der Waals surface area (Å²) in [6, 6.07) is 3.77. The zero-order valence-electron chi connectivity index (χ0n) is 13.4. The quantitative estimate of drug-likeness (QED) is 0.863. The molecule has 1 unspecified atom stereocenters. The lowest BCUT2D eigenvalue weighted by Gasteiger charge is -2.24. The van der Waals surface area contributed by atoms with Crippen molar-refractivity contribution >= 4 is 5.95 Å². The average Bonchev–Trinajstić information content (AvgIpc) is 3.30. The molecule has 2 aromatic rings. The molecule has 1 saturated heterocycles. The minimum absolute atomic E-state index is 0.0222. The molecule has 120 valence electrons. The Morgan fingerprint density at radius 1 is 1.17 bits per heavy atom. The van der Waals surface area contributed by atoms with E-state index in [9.17, 15) is 4.79 Å². The van der Waals surface area contributed by atoms with Gasteiger partial charge in [0.2, 0.25) is 5.95 Å². The number of aryl methyl sites for hydroxylation is 1. The summed E-state index contributed by atoms with van der Waals surface area (Å²) >= 11 is 0. The van der Waals surface area contributed by atoms with Crippen LogP contribution in [0, 0.1) is 6.92 Å². The molecule has 2 aromatic heterocycles. The SMILES string of the molecule is Cc1cnc(N2CCCC2Cn2nc(C3CC3)ccc2=O)nc1. The maximum Gasteiger partial charge on any atom is 0.266 e. The van der Waals surface area contributed by atoms with Crippen LogP contribution in [0.2, 0.25) is 0 Å². The van der Waals surface area contributed by atoms with Crippen molar-refractivity contribution in [2.24, 2.45) is 0 Å². The van der Waals surface area contributed by atoms with Gasteiger partial charge in [0.15, 0.2) is 0 Å². The van der Waals surface area contributed by atoms with Crippen molar-refractivity contribution in [3.63, 3.8) is 0 Å². The number of nitrogens with zero attached hydrogens (tertiary/aromatic N) is 5. The molecule has 0 N–H and O–H groups in total. The van der Waals surface area contributed by atoms with E-state index in [1.54, 1.807) is 10.7 Å². The molecular formula is C17H21N5O. The third kappa shape index (κ3) is 2.98. The molecule has 0 radical (unpaired) electrons. The molecule has 0 aromatic carbocycles. The van der Waals surface area contributed by atoms with E-state index in [0.717, 1.165) is 36.6 Å². The van der Waals surface area contributed by atoms with Crippen LogP contribution >= 0.6 is 0 Å². The minimum atomic E-state index is -0.0222. The molecule has 1 atom stereocenters. The van der Waals surface area contributed by atoms with Gasteiger partial charge >= 0.3 is 0 Å². The third-order valence-corrected chi connectivity index (χ3v) is 4.67. The normalized spacial score (nSPS) is 20.9. The first-order valence-corrected chi connectivity index (χ1v) is 8.34. The number of aromatic nitrogens is 4. The number of hydrogen-bond donors (Lipinski definition) is 0. The summed E-state index contributed by atoms with van der Waals surface area (Å²) in [6.07, 6.45) is 8.21. The summed E-state index contributed by atoms with van der Waals surface area (Å²) in [5.41, 5.74) is 2.09. The minimum Gasteiger partial charge on any atom is -0.336 e. The highest BCUT2D eigenvalue weighted by Gasteiger charge is 2.29. The maximum atomic E-state index is 12.1. The highest BCUT2D eigenvalue weighted by molar-refractivity contribution is 5.33.